The number of hydrogen-bond donors (Lipinski definition) is 1. The Morgan fingerprint density at radius 2 is 2.33 bits per heavy atom. The lowest BCUT2D eigenvalue weighted by Gasteiger charge is -2.25. The molecule has 0 unspecified atom stereocenters. The number of aryl methyl sites for hydroxylation is 1. The Morgan fingerprint density at radius 3 is 3.11 bits per heavy atom. The maximum atomic E-state index is 5.39. The number of methoxy groups -OCH3 is 1. The summed E-state index contributed by atoms with van der Waals surface area (Å²) in [6.07, 6.45) is 2.22. The maximum absolute atomic E-state index is 5.39. The zero-order chi connectivity index (χ0) is 12.5. The van der Waals surface area contributed by atoms with E-state index in [0.29, 0.717) is 6.04 Å². The fourth-order valence-electron chi connectivity index (χ4n) is 3.12. The second kappa shape index (κ2) is 4.76. The summed E-state index contributed by atoms with van der Waals surface area (Å²) in [4.78, 5) is 7.21. The number of pyridine rings is 1. The Hall–Kier alpha value is -1.29. The average molecular weight is 247 g/mol. The van der Waals surface area contributed by atoms with Gasteiger partial charge in [0.15, 0.2) is 0 Å². The molecule has 0 spiro atoms. The van der Waals surface area contributed by atoms with Gasteiger partial charge in [0.1, 0.15) is 11.6 Å². The van der Waals surface area contributed by atoms with Gasteiger partial charge >= 0.3 is 0 Å². The van der Waals surface area contributed by atoms with Crippen molar-refractivity contribution in [2.24, 2.45) is 5.92 Å². The number of anilines is 1. The average Bonchev–Trinajstić information content (AvgIpc) is 3.00. The third-order valence-electron chi connectivity index (χ3n) is 4.18. The van der Waals surface area contributed by atoms with Crippen LogP contribution in [-0.4, -0.2) is 37.8 Å². The molecule has 3 heterocycles. The number of rotatable bonds is 3. The Morgan fingerprint density at radius 1 is 1.44 bits per heavy atom. The first-order chi connectivity index (χ1) is 8.81. The second-order valence-electron chi connectivity index (χ2n) is 5.18. The van der Waals surface area contributed by atoms with Gasteiger partial charge in [-0.15, -0.1) is 0 Å². The summed E-state index contributed by atoms with van der Waals surface area (Å²) in [5.74, 6) is 2.80. The highest BCUT2D eigenvalue weighted by Crippen LogP contribution is 2.32. The van der Waals surface area contributed by atoms with Crippen molar-refractivity contribution in [1.82, 2.24) is 10.3 Å². The van der Waals surface area contributed by atoms with E-state index < -0.39 is 0 Å². The Kier molecular flexibility index (Phi) is 3.12. The van der Waals surface area contributed by atoms with Crippen LogP contribution >= 0.6 is 0 Å². The normalized spacial score (nSPS) is 26.4. The number of aromatic nitrogens is 1. The highest BCUT2D eigenvalue weighted by molar-refractivity contribution is 5.48. The van der Waals surface area contributed by atoms with Crippen molar-refractivity contribution in [1.29, 1.82) is 0 Å². The molecule has 0 radical (unpaired) electrons. The van der Waals surface area contributed by atoms with Crippen LogP contribution in [0.25, 0.3) is 0 Å². The quantitative estimate of drug-likeness (QED) is 0.877. The summed E-state index contributed by atoms with van der Waals surface area (Å²) in [6.45, 7) is 5.51. The van der Waals surface area contributed by atoms with Crippen LogP contribution in [0.15, 0.2) is 12.1 Å². The van der Waals surface area contributed by atoms with E-state index in [1.165, 1.54) is 6.42 Å². The summed E-state index contributed by atoms with van der Waals surface area (Å²) in [6, 6.07) is 4.72. The van der Waals surface area contributed by atoms with Gasteiger partial charge in [-0.05, 0) is 18.8 Å². The van der Waals surface area contributed by atoms with Crippen molar-refractivity contribution in [3.63, 3.8) is 0 Å². The van der Waals surface area contributed by atoms with Crippen LogP contribution in [0.1, 0.15) is 19.0 Å². The minimum absolute atomic E-state index is 0.620. The van der Waals surface area contributed by atoms with Gasteiger partial charge < -0.3 is 15.0 Å². The first-order valence-corrected chi connectivity index (χ1v) is 6.84. The molecule has 0 aliphatic carbocycles. The highest BCUT2D eigenvalue weighted by Gasteiger charge is 2.38. The molecule has 0 bridgehead atoms. The molecule has 98 valence electrons. The van der Waals surface area contributed by atoms with Gasteiger partial charge in [-0.2, -0.15) is 0 Å². The minimum Gasteiger partial charge on any atom is -0.497 e. The van der Waals surface area contributed by atoms with Crippen LogP contribution in [0.4, 0.5) is 5.82 Å². The summed E-state index contributed by atoms with van der Waals surface area (Å²) in [7, 11) is 1.72. The molecule has 2 atom stereocenters. The van der Waals surface area contributed by atoms with Crippen molar-refractivity contribution in [2.75, 3.05) is 31.6 Å². The zero-order valence-electron chi connectivity index (χ0n) is 11.1. The molecule has 1 N–H and O–H groups in total. The number of hydrogen-bond acceptors (Lipinski definition) is 4. The molecule has 2 aliphatic rings. The van der Waals surface area contributed by atoms with Crippen LogP contribution in [-0.2, 0) is 6.42 Å². The molecule has 1 aromatic rings. The van der Waals surface area contributed by atoms with E-state index in [9.17, 15) is 0 Å². The fourth-order valence-corrected chi connectivity index (χ4v) is 3.12. The van der Waals surface area contributed by atoms with E-state index >= 15 is 0 Å². The molecule has 1 aromatic heterocycles. The second-order valence-corrected chi connectivity index (χ2v) is 5.18. The molecule has 4 nitrogen and oxygen atoms in total. The van der Waals surface area contributed by atoms with Crippen LogP contribution in [0.3, 0.4) is 0 Å². The minimum atomic E-state index is 0.620. The van der Waals surface area contributed by atoms with E-state index in [1.54, 1.807) is 7.11 Å². The molecule has 0 saturated carbocycles. The number of ether oxygens (including phenoxy) is 1. The van der Waals surface area contributed by atoms with Gasteiger partial charge in [0.2, 0.25) is 0 Å². The monoisotopic (exact) mass is 247 g/mol. The molecule has 2 saturated heterocycles. The molecular weight excluding hydrogens is 226 g/mol. The number of fused-ring (bicyclic) bond motifs is 1. The van der Waals surface area contributed by atoms with Gasteiger partial charge in [-0.25, -0.2) is 4.98 Å². The summed E-state index contributed by atoms with van der Waals surface area (Å²) < 4.78 is 5.39. The standard InChI is InChI=1S/C14H21N3O/c1-3-11-6-12(18-2)7-14(16-11)17-5-4-10-8-15-9-13(10)17/h6-7,10,13,15H,3-5,8-9H2,1-2H3/t10-,13-/m0/s1. The molecular formula is C14H21N3O. The predicted molar refractivity (Wildman–Crippen MR) is 72.3 cm³/mol. The molecule has 4 heteroatoms. The summed E-state index contributed by atoms with van der Waals surface area (Å²) in [5.41, 5.74) is 1.11. The predicted octanol–water partition coefficient (Wildman–Crippen LogP) is 1.45. The molecule has 3 rings (SSSR count). The summed E-state index contributed by atoms with van der Waals surface area (Å²) in [5, 5.41) is 3.48. The largest absolute Gasteiger partial charge is 0.497 e. The van der Waals surface area contributed by atoms with E-state index in [0.717, 1.165) is 49.2 Å². The first-order valence-electron chi connectivity index (χ1n) is 6.84. The van der Waals surface area contributed by atoms with Crippen molar-refractivity contribution in [3.05, 3.63) is 17.8 Å². The molecule has 2 aliphatic heterocycles. The van der Waals surface area contributed by atoms with Gasteiger partial charge in [-0.1, -0.05) is 6.92 Å². The van der Waals surface area contributed by atoms with Crippen molar-refractivity contribution in [2.45, 2.75) is 25.8 Å². The smallest absolute Gasteiger partial charge is 0.132 e. The maximum Gasteiger partial charge on any atom is 0.132 e. The van der Waals surface area contributed by atoms with E-state index in [2.05, 4.69) is 23.2 Å². The summed E-state index contributed by atoms with van der Waals surface area (Å²) >= 11 is 0. The lowest BCUT2D eigenvalue weighted by atomic mass is 10.1. The van der Waals surface area contributed by atoms with E-state index in [1.807, 2.05) is 6.07 Å². The van der Waals surface area contributed by atoms with Crippen LogP contribution in [0.5, 0.6) is 5.75 Å². The zero-order valence-corrected chi connectivity index (χ0v) is 11.1. The van der Waals surface area contributed by atoms with Crippen LogP contribution < -0.4 is 15.0 Å². The van der Waals surface area contributed by atoms with E-state index in [-0.39, 0.29) is 0 Å². The number of nitrogens with one attached hydrogen (secondary N) is 1. The molecule has 18 heavy (non-hydrogen) atoms. The van der Waals surface area contributed by atoms with Crippen LogP contribution in [0.2, 0.25) is 0 Å². The topological polar surface area (TPSA) is 37.4 Å². The van der Waals surface area contributed by atoms with Gasteiger partial charge in [0, 0.05) is 43.5 Å². The lowest BCUT2D eigenvalue weighted by Crippen LogP contribution is -2.34. The Balaban J connectivity index is 1.91. The first kappa shape index (κ1) is 11.8. The third-order valence-corrected chi connectivity index (χ3v) is 4.18. The lowest BCUT2D eigenvalue weighted by molar-refractivity contribution is 0.413. The van der Waals surface area contributed by atoms with Crippen molar-refractivity contribution in [3.8, 4) is 5.75 Å². The van der Waals surface area contributed by atoms with Gasteiger partial charge in [0.05, 0.1) is 7.11 Å². The van der Waals surface area contributed by atoms with E-state index in [4.69, 9.17) is 9.72 Å². The SMILES string of the molecule is CCc1cc(OC)cc(N2CC[C@H]3CNC[C@@H]32)n1. The molecule has 0 amide bonds. The van der Waals surface area contributed by atoms with Gasteiger partial charge in [0.25, 0.3) is 0 Å². The Labute approximate surface area is 108 Å². The Bertz CT molecular complexity index is 413. The van der Waals surface area contributed by atoms with Crippen LogP contribution in [0, 0.1) is 5.92 Å². The highest BCUT2D eigenvalue weighted by atomic mass is 16.5. The van der Waals surface area contributed by atoms with Crippen molar-refractivity contribution < 1.29 is 4.74 Å². The third kappa shape index (κ3) is 1.94. The van der Waals surface area contributed by atoms with Gasteiger partial charge in [-0.3, -0.25) is 0 Å². The molecule has 2 fully saturated rings. The number of nitrogens with zero attached hydrogens (tertiary/aromatic N) is 2. The molecule has 0 aromatic carbocycles. The van der Waals surface area contributed by atoms with Crippen molar-refractivity contribution >= 4 is 5.82 Å². The fraction of sp³-hybridized carbons (Fsp3) is 0.643.